The molecule has 2 unspecified atom stereocenters. The van der Waals surface area contributed by atoms with Gasteiger partial charge >= 0.3 is 13.8 Å². The average Bonchev–Trinajstić information content (AvgIpc) is 2.86. The van der Waals surface area contributed by atoms with Gasteiger partial charge in [-0.3, -0.25) is 29.0 Å². The molecule has 0 spiro atoms. The number of rotatable bonds is 15. The fraction of sp³-hybridized carbons (Fsp3) is 0.615. The number of carboxylic acids is 1. The Morgan fingerprint density at radius 1 is 1.05 bits per heavy atom. The Labute approximate surface area is 228 Å². The van der Waals surface area contributed by atoms with Gasteiger partial charge in [0.25, 0.3) is 0 Å². The van der Waals surface area contributed by atoms with Crippen LogP contribution in [0.2, 0.25) is 0 Å². The van der Waals surface area contributed by atoms with E-state index in [2.05, 4.69) is 15.2 Å². The van der Waals surface area contributed by atoms with Crippen molar-refractivity contribution in [3.8, 4) is 5.75 Å². The lowest BCUT2D eigenvalue weighted by Gasteiger charge is -2.27. The molecule has 1 aliphatic carbocycles. The summed E-state index contributed by atoms with van der Waals surface area (Å²) in [7, 11) is -3.09. The number of hydrogen-bond acceptors (Lipinski definition) is 6. The summed E-state index contributed by atoms with van der Waals surface area (Å²) >= 11 is 0. The summed E-state index contributed by atoms with van der Waals surface area (Å²) in [6.45, 7) is 1.73. The molecule has 12 nitrogen and oxygen atoms in total. The Bertz CT molecular complexity index is 1020. The second-order valence-corrected chi connectivity index (χ2v) is 11.2. The second kappa shape index (κ2) is 15.6. The Hall–Kier alpha value is -2.95. The number of nitrogens with one attached hydrogen (secondary N) is 2. The van der Waals surface area contributed by atoms with Crippen LogP contribution < -0.4 is 15.2 Å². The van der Waals surface area contributed by atoms with Crippen LogP contribution in [0, 0.1) is 5.92 Å². The zero-order chi connectivity index (χ0) is 29.0. The maximum Gasteiger partial charge on any atom is 0.524 e. The van der Waals surface area contributed by atoms with Gasteiger partial charge in [-0.25, -0.2) is 4.57 Å². The van der Waals surface area contributed by atoms with Gasteiger partial charge in [-0.1, -0.05) is 44.2 Å². The number of hydrogen-bond donors (Lipinski definition) is 5. The quantitative estimate of drug-likeness (QED) is 0.198. The third kappa shape index (κ3) is 12.6. The number of aliphatic carboxylic acids is 1. The number of carboxylic acid groups (broad SMARTS) is 1. The third-order valence-electron chi connectivity index (χ3n) is 6.75. The van der Waals surface area contributed by atoms with Crippen LogP contribution >= 0.6 is 7.82 Å². The average molecular weight is 570 g/mol. The molecule has 5 N–H and O–H groups in total. The summed E-state index contributed by atoms with van der Waals surface area (Å²) < 4.78 is 15.5. The highest BCUT2D eigenvalue weighted by Crippen LogP contribution is 2.37. The fourth-order valence-corrected chi connectivity index (χ4v) is 5.18. The van der Waals surface area contributed by atoms with Crippen molar-refractivity contribution >= 4 is 31.5 Å². The van der Waals surface area contributed by atoms with Gasteiger partial charge < -0.3 is 25.2 Å². The van der Waals surface area contributed by atoms with Gasteiger partial charge in [0.05, 0.1) is 0 Å². The van der Waals surface area contributed by atoms with Crippen molar-refractivity contribution in [2.24, 2.45) is 5.92 Å². The van der Waals surface area contributed by atoms with Crippen LogP contribution in [0.4, 0.5) is 0 Å². The van der Waals surface area contributed by atoms with Crippen LogP contribution in [0.15, 0.2) is 24.3 Å². The molecule has 2 rings (SSSR count). The molecule has 218 valence electrons. The van der Waals surface area contributed by atoms with Gasteiger partial charge in [0.1, 0.15) is 17.8 Å². The first-order chi connectivity index (χ1) is 18.3. The lowest BCUT2D eigenvalue weighted by atomic mass is 9.86. The first-order valence-electron chi connectivity index (χ1n) is 13.2. The lowest BCUT2D eigenvalue weighted by molar-refractivity contribution is -0.139. The van der Waals surface area contributed by atoms with Crippen LogP contribution in [0.25, 0.3) is 0 Å². The van der Waals surface area contributed by atoms with Gasteiger partial charge in [-0.2, -0.15) is 0 Å². The van der Waals surface area contributed by atoms with Crippen LogP contribution in [-0.4, -0.2) is 69.2 Å². The second-order valence-electron chi connectivity index (χ2n) is 10.1. The SMILES string of the molecule is CC(=O)NC(Cc1ccc(OP(=O)(O)O)cc1)C(=O)NC(CCC(=O)O)C(=O)N(C)CCCC1CCCCC1. The summed E-state index contributed by atoms with van der Waals surface area (Å²) in [6, 6.07) is 3.45. The molecule has 0 aromatic heterocycles. The number of benzene rings is 1. The number of carbonyl (C=O) groups excluding carboxylic acids is 3. The molecule has 1 aliphatic rings. The number of phosphoric acid groups is 1. The molecular weight excluding hydrogens is 529 g/mol. The fourth-order valence-electron chi connectivity index (χ4n) is 4.78. The Morgan fingerprint density at radius 3 is 2.26 bits per heavy atom. The molecule has 0 heterocycles. The topological polar surface area (TPSA) is 183 Å². The number of nitrogens with zero attached hydrogens (tertiary/aromatic N) is 1. The van der Waals surface area contributed by atoms with E-state index in [1.54, 1.807) is 7.05 Å². The normalized spacial score (nSPS) is 15.6. The van der Waals surface area contributed by atoms with Crippen molar-refractivity contribution in [2.45, 2.75) is 83.2 Å². The molecular formula is C26H40N3O9P. The Balaban J connectivity index is 2.05. The first kappa shape index (κ1) is 32.3. The molecule has 1 aromatic rings. The van der Waals surface area contributed by atoms with Crippen molar-refractivity contribution in [3.63, 3.8) is 0 Å². The highest BCUT2D eigenvalue weighted by molar-refractivity contribution is 7.46. The zero-order valence-corrected chi connectivity index (χ0v) is 23.4. The van der Waals surface area contributed by atoms with E-state index in [-0.39, 0.29) is 25.0 Å². The first-order valence-corrected chi connectivity index (χ1v) is 14.8. The van der Waals surface area contributed by atoms with E-state index in [1.165, 1.54) is 68.2 Å². The highest BCUT2D eigenvalue weighted by atomic mass is 31.2. The van der Waals surface area contributed by atoms with E-state index >= 15 is 0 Å². The molecule has 1 aromatic carbocycles. The van der Waals surface area contributed by atoms with Crippen LogP contribution in [0.3, 0.4) is 0 Å². The minimum Gasteiger partial charge on any atom is -0.481 e. The lowest BCUT2D eigenvalue weighted by Crippen LogP contribution is -2.54. The molecule has 0 bridgehead atoms. The minimum absolute atomic E-state index is 0.0126. The monoisotopic (exact) mass is 569 g/mol. The predicted molar refractivity (Wildman–Crippen MR) is 143 cm³/mol. The molecule has 3 amide bonds. The number of phosphoric ester groups is 1. The van der Waals surface area contributed by atoms with Crippen molar-refractivity contribution < 1.29 is 43.2 Å². The molecule has 39 heavy (non-hydrogen) atoms. The molecule has 13 heteroatoms. The van der Waals surface area contributed by atoms with Gasteiger partial charge in [0.2, 0.25) is 17.7 Å². The van der Waals surface area contributed by atoms with Crippen molar-refractivity contribution in [1.29, 1.82) is 0 Å². The summed E-state index contributed by atoms with van der Waals surface area (Å²) in [5, 5.41) is 14.3. The summed E-state index contributed by atoms with van der Waals surface area (Å²) in [5.74, 6) is -2.03. The van der Waals surface area contributed by atoms with Gasteiger partial charge in [0.15, 0.2) is 0 Å². The van der Waals surface area contributed by atoms with Crippen molar-refractivity contribution in [1.82, 2.24) is 15.5 Å². The third-order valence-corrected chi connectivity index (χ3v) is 7.20. The van der Waals surface area contributed by atoms with E-state index in [9.17, 15) is 23.7 Å². The van der Waals surface area contributed by atoms with Gasteiger partial charge in [-0.15, -0.1) is 0 Å². The summed E-state index contributed by atoms with van der Waals surface area (Å²) in [5.41, 5.74) is 0.551. The molecule has 2 atom stereocenters. The van der Waals surface area contributed by atoms with Crippen molar-refractivity contribution in [2.75, 3.05) is 13.6 Å². The van der Waals surface area contributed by atoms with E-state index in [1.807, 2.05) is 0 Å². The van der Waals surface area contributed by atoms with Crippen LogP contribution in [0.1, 0.15) is 70.3 Å². The Morgan fingerprint density at radius 2 is 1.69 bits per heavy atom. The minimum atomic E-state index is -4.73. The zero-order valence-electron chi connectivity index (χ0n) is 22.5. The molecule has 0 aliphatic heterocycles. The maximum absolute atomic E-state index is 13.2. The van der Waals surface area contributed by atoms with Gasteiger partial charge in [0, 0.05) is 33.4 Å². The van der Waals surface area contributed by atoms with Crippen LogP contribution in [-0.2, 0) is 30.2 Å². The smallest absolute Gasteiger partial charge is 0.481 e. The number of carbonyl (C=O) groups is 4. The van der Waals surface area contributed by atoms with E-state index < -0.39 is 43.6 Å². The summed E-state index contributed by atoms with van der Waals surface area (Å²) in [4.78, 5) is 68.7. The van der Waals surface area contributed by atoms with E-state index in [4.69, 9.17) is 14.9 Å². The Kier molecular flexibility index (Phi) is 12.9. The summed E-state index contributed by atoms with van der Waals surface area (Å²) in [6.07, 6.45) is 7.60. The van der Waals surface area contributed by atoms with Crippen LogP contribution in [0.5, 0.6) is 5.75 Å². The number of likely N-dealkylation sites (N-methyl/N-ethyl adjacent to an activating group) is 1. The highest BCUT2D eigenvalue weighted by Gasteiger charge is 2.29. The number of amides is 3. The maximum atomic E-state index is 13.2. The van der Waals surface area contributed by atoms with Gasteiger partial charge in [-0.05, 0) is 42.9 Å². The molecule has 1 fully saturated rings. The van der Waals surface area contributed by atoms with E-state index in [0.717, 1.165) is 12.8 Å². The standard InChI is InChI=1S/C26H40N3O9P/c1-18(30)27-23(17-20-10-12-21(13-11-20)38-39(35,36)37)25(33)28-22(14-15-24(31)32)26(34)29(2)16-6-9-19-7-4-3-5-8-19/h10-13,19,22-23H,3-9,14-17H2,1-2H3,(H,27,30)(H,28,33)(H,31,32)(H2,35,36,37). The largest absolute Gasteiger partial charge is 0.524 e. The molecule has 1 saturated carbocycles. The predicted octanol–water partition coefficient (Wildman–Crippen LogP) is 2.37. The van der Waals surface area contributed by atoms with E-state index in [0.29, 0.717) is 18.0 Å². The molecule has 0 radical (unpaired) electrons. The molecule has 0 saturated heterocycles. The van der Waals surface area contributed by atoms with Crippen molar-refractivity contribution in [3.05, 3.63) is 29.8 Å².